The van der Waals surface area contributed by atoms with Crippen molar-refractivity contribution in [2.45, 2.75) is 19.8 Å². The smallest absolute Gasteiger partial charge is 0.168 e. The Kier molecular flexibility index (Phi) is 3.30. The van der Waals surface area contributed by atoms with Crippen molar-refractivity contribution >= 4 is 23.0 Å². The van der Waals surface area contributed by atoms with E-state index < -0.39 is 0 Å². The molecule has 3 nitrogen and oxygen atoms in total. The molecule has 0 aliphatic heterocycles. The maximum absolute atomic E-state index is 9.55. The predicted octanol–water partition coefficient (Wildman–Crippen LogP) is 2.17. The van der Waals surface area contributed by atoms with Crippen molar-refractivity contribution < 1.29 is 5.11 Å². The molecule has 1 aromatic rings. The Hall–Kier alpha value is -1.29. The van der Waals surface area contributed by atoms with Gasteiger partial charge in [-0.25, -0.2) is 0 Å². The Morgan fingerprint density at radius 3 is 2.64 bits per heavy atom. The summed E-state index contributed by atoms with van der Waals surface area (Å²) in [5.74, 6) is 0.566. The van der Waals surface area contributed by atoms with Gasteiger partial charge in [0.15, 0.2) is 5.11 Å². The predicted molar refractivity (Wildman–Crippen MR) is 62.6 cm³/mol. The lowest BCUT2D eigenvalue weighted by Crippen LogP contribution is -2.18. The zero-order valence-electron chi connectivity index (χ0n) is 8.24. The van der Waals surface area contributed by atoms with Crippen LogP contribution >= 0.6 is 12.2 Å². The van der Waals surface area contributed by atoms with E-state index in [9.17, 15) is 5.11 Å². The third-order valence-electron chi connectivity index (χ3n) is 1.92. The van der Waals surface area contributed by atoms with Crippen LogP contribution in [0.5, 0.6) is 5.75 Å². The Morgan fingerprint density at radius 1 is 1.50 bits per heavy atom. The standard InChI is InChI=1S/C10H14N2OS/c1-6(2)8-5-7(12-10(11)14)3-4-9(8)13/h3-6,13H,1-2H3,(H3,11,12,14). The summed E-state index contributed by atoms with van der Waals surface area (Å²) in [6.07, 6.45) is 0. The van der Waals surface area contributed by atoms with Gasteiger partial charge in [-0.1, -0.05) is 13.8 Å². The van der Waals surface area contributed by atoms with Crippen LogP contribution in [0.4, 0.5) is 5.69 Å². The van der Waals surface area contributed by atoms with E-state index in [-0.39, 0.29) is 11.0 Å². The second kappa shape index (κ2) is 4.28. The Morgan fingerprint density at radius 2 is 2.14 bits per heavy atom. The maximum Gasteiger partial charge on any atom is 0.168 e. The van der Waals surface area contributed by atoms with Crippen molar-refractivity contribution in [3.8, 4) is 5.75 Å². The highest BCUT2D eigenvalue weighted by Gasteiger charge is 2.06. The van der Waals surface area contributed by atoms with E-state index in [2.05, 4.69) is 5.32 Å². The Bertz CT molecular complexity index is 350. The molecule has 0 saturated heterocycles. The summed E-state index contributed by atoms with van der Waals surface area (Å²) in [5, 5.41) is 12.6. The lowest BCUT2D eigenvalue weighted by molar-refractivity contribution is 0.465. The van der Waals surface area contributed by atoms with Gasteiger partial charge < -0.3 is 16.2 Å². The topological polar surface area (TPSA) is 58.3 Å². The summed E-state index contributed by atoms with van der Waals surface area (Å²) >= 11 is 4.72. The molecule has 0 amide bonds. The second-order valence-corrected chi connectivity index (χ2v) is 3.86. The van der Waals surface area contributed by atoms with E-state index in [0.717, 1.165) is 11.3 Å². The van der Waals surface area contributed by atoms with Crippen LogP contribution in [0.25, 0.3) is 0 Å². The number of nitrogens with two attached hydrogens (primary N) is 1. The van der Waals surface area contributed by atoms with Crippen molar-refractivity contribution in [1.82, 2.24) is 0 Å². The number of phenols is 1. The molecule has 0 saturated carbocycles. The first-order valence-corrected chi connectivity index (χ1v) is 4.81. The summed E-state index contributed by atoms with van der Waals surface area (Å²) in [4.78, 5) is 0. The second-order valence-electron chi connectivity index (χ2n) is 3.42. The average molecular weight is 210 g/mol. The normalized spacial score (nSPS) is 10.2. The summed E-state index contributed by atoms with van der Waals surface area (Å²) in [6, 6.07) is 5.22. The van der Waals surface area contributed by atoms with E-state index in [1.54, 1.807) is 12.1 Å². The van der Waals surface area contributed by atoms with E-state index in [1.165, 1.54) is 0 Å². The molecule has 0 bridgehead atoms. The zero-order valence-corrected chi connectivity index (χ0v) is 9.06. The third kappa shape index (κ3) is 2.60. The van der Waals surface area contributed by atoms with Gasteiger partial charge in [-0.05, 0) is 41.9 Å². The lowest BCUT2D eigenvalue weighted by Gasteiger charge is -2.11. The maximum atomic E-state index is 9.55. The fraction of sp³-hybridized carbons (Fsp3) is 0.300. The average Bonchev–Trinajstić information content (AvgIpc) is 2.07. The largest absolute Gasteiger partial charge is 0.508 e. The highest BCUT2D eigenvalue weighted by molar-refractivity contribution is 7.80. The van der Waals surface area contributed by atoms with Gasteiger partial charge in [-0.3, -0.25) is 0 Å². The number of aromatic hydroxyl groups is 1. The Labute approximate surface area is 88.9 Å². The monoisotopic (exact) mass is 210 g/mol. The summed E-state index contributed by atoms with van der Waals surface area (Å²) in [5.41, 5.74) is 7.03. The molecule has 0 unspecified atom stereocenters. The highest BCUT2D eigenvalue weighted by Crippen LogP contribution is 2.27. The minimum Gasteiger partial charge on any atom is -0.508 e. The van der Waals surface area contributed by atoms with Gasteiger partial charge in [0.25, 0.3) is 0 Å². The van der Waals surface area contributed by atoms with Crippen LogP contribution in [0.15, 0.2) is 18.2 Å². The van der Waals surface area contributed by atoms with E-state index in [1.807, 2.05) is 19.9 Å². The number of rotatable bonds is 2. The number of phenolic OH excluding ortho intramolecular Hbond substituents is 1. The first-order chi connectivity index (χ1) is 6.50. The lowest BCUT2D eigenvalue weighted by atomic mass is 10.0. The number of anilines is 1. The fourth-order valence-corrected chi connectivity index (χ4v) is 1.35. The number of thiocarbonyl (C=S) groups is 1. The molecule has 0 radical (unpaired) electrons. The van der Waals surface area contributed by atoms with Crippen molar-refractivity contribution in [3.63, 3.8) is 0 Å². The molecule has 14 heavy (non-hydrogen) atoms. The van der Waals surface area contributed by atoms with Crippen LogP contribution in [0.3, 0.4) is 0 Å². The van der Waals surface area contributed by atoms with Crippen LogP contribution < -0.4 is 11.1 Å². The molecule has 4 N–H and O–H groups in total. The van der Waals surface area contributed by atoms with Crippen molar-refractivity contribution in [2.24, 2.45) is 5.73 Å². The minimum absolute atomic E-state index is 0.227. The molecule has 76 valence electrons. The van der Waals surface area contributed by atoms with Gasteiger partial charge in [0.05, 0.1) is 0 Å². The number of benzene rings is 1. The van der Waals surface area contributed by atoms with Crippen LogP contribution in [0.2, 0.25) is 0 Å². The van der Waals surface area contributed by atoms with Gasteiger partial charge in [0, 0.05) is 5.69 Å². The minimum atomic E-state index is 0.227. The first kappa shape index (κ1) is 10.8. The number of hydrogen-bond donors (Lipinski definition) is 3. The molecule has 4 heteroatoms. The molecular formula is C10H14N2OS. The molecule has 0 aromatic heterocycles. The van der Waals surface area contributed by atoms with Gasteiger partial charge in [0.2, 0.25) is 0 Å². The quantitative estimate of drug-likeness (QED) is 0.517. The fourth-order valence-electron chi connectivity index (χ4n) is 1.24. The van der Waals surface area contributed by atoms with Gasteiger partial charge >= 0.3 is 0 Å². The highest BCUT2D eigenvalue weighted by atomic mass is 32.1. The molecule has 0 atom stereocenters. The SMILES string of the molecule is CC(C)c1cc(NC(N)=S)ccc1O. The molecule has 0 fully saturated rings. The third-order valence-corrected chi connectivity index (χ3v) is 2.02. The van der Waals surface area contributed by atoms with Gasteiger partial charge in [0.1, 0.15) is 5.75 Å². The zero-order chi connectivity index (χ0) is 10.7. The molecule has 0 heterocycles. The Balaban J connectivity index is 3.00. The van der Waals surface area contributed by atoms with E-state index >= 15 is 0 Å². The van der Waals surface area contributed by atoms with Crippen molar-refractivity contribution in [3.05, 3.63) is 23.8 Å². The molecule has 0 aliphatic rings. The first-order valence-electron chi connectivity index (χ1n) is 4.40. The van der Waals surface area contributed by atoms with Crippen LogP contribution in [0, 0.1) is 0 Å². The summed E-state index contributed by atoms with van der Waals surface area (Å²) < 4.78 is 0. The summed E-state index contributed by atoms with van der Waals surface area (Å²) in [7, 11) is 0. The number of hydrogen-bond acceptors (Lipinski definition) is 2. The molecular weight excluding hydrogens is 196 g/mol. The van der Waals surface area contributed by atoms with Crippen LogP contribution in [-0.2, 0) is 0 Å². The van der Waals surface area contributed by atoms with Gasteiger partial charge in [-0.2, -0.15) is 0 Å². The van der Waals surface area contributed by atoms with Crippen LogP contribution in [0.1, 0.15) is 25.3 Å². The van der Waals surface area contributed by atoms with Crippen molar-refractivity contribution in [1.29, 1.82) is 0 Å². The van der Waals surface area contributed by atoms with E-state index in [4.69, 9.17) is 18.0 Å². The molecule has 0 spiro atoms. The molecule has 0 aliphatic carbocycles. The van der Waals surface area contributed by atoms with Crippen LogP contribution in [-0.4, -0.2) is 10.2 Å². The van der Waals surface area contributed by atoms with Crippen molar-refractivity contribution in [2.75, 3.05) is 5.32 Å². The van der Waals surface area contributed by atoms with E-state index in [0.29, 0.717) is 5.75 Å². The molecule has 1 aromatic carbocycles. The van der Waals surface area contributed by atoms with Gasteiger partial charge in [-0.15, -0.1) is 0 Å². The molecule has 1 rings (SSSR count). The number of nitrogens with one attached hydrogen (secondary N) is 1. The summed E-state index contributed by atoms with van der Waals surface area (Å²) in [6.45, 7) is 4.03.